The van der Waals surface area contributed by atoms with Crippen LogP contribution in [0.3, 0.4) is 0 Å². The van der Waals surface area contributed by atoms with Gasteiger partial charge in [0.15, 0.2) is 0 Å². The predicted octanol–water partition coefficient (Wildman–Crippen LogP) is 1.84. The molecule has 1 aromatic carbocycles. The maximum atomic E-state index is 12.7. The molecular formula is C18H18NO5S2-. The molecule has 8 heteroatoms. The fraction of sp³-hybridized carbons (Fsp3) is 0.333. The molecule has 0 aromatic heterocycles. The molecule has 0 unspecified atom stereocenters. The Balaban J connectivity index is 2.28. The fourth-order valence-electron chi connectivity index (χ4n) is 2.52. The Labute approximate surface area is 161 Å². The maximum Gasteiger partial charge on any atom is 0.337 e. The van der Waals surface area contributed by atoms with E-state index in [4.69, 9.17) is 12.2 Å². The van der Waals surface area contributed by atoms with Crippen LogP contribution in [0.5, 0.6) is 0 Å². The summed E-state index contributed by atoms with van der Waals surface area (Å²) >= 11 is 6.27. The number of hydrogen-bond acceptors (Lipinski definition) is 7. The molecule has 0 spiro atoms. The summed E-state index contributed by atoms with van der Waals surface area (Å²) in [6, 6.07) is 5.41. The van der Waals surface area contributed by atoms with Crippen molar-refractivity contribution in [3.05, 3.63) is 40.3 Å². The summed E-state index contributed by atoms with van der Waals surface area (Å²) in [5.74, 6) is -2.51. The van der Waals surface area contributed by atoms with E-state index in [0.717, 1.165) is 16.7 Å². The highest BCUT2D eigenvalue weighted by Crippen LogP contribution is 2.35. The first-order valence-electron chi connectivity index (χ1n) is 7.96. The summed E-state index contributed by atoms with van der Waals surface area (Å²) in [6.07, 6.45) is 2.19. The van der Waals surface area contributed by atoms with Crippen LogP contribution in [0.1, 0.15) is 36.2 Å². The molecule has 26 heavy (non-hydrogen) atoms. The molecule has 1 saturated heterocycles. The largest absolute Gasteiger partial charge is 0.548 e. The van der Waals surface area contributed by atoms with Crippen LogP contribution < -0.4 is 5.11 Å². The van der Waals surface area contributed by atoms with Crippen molar-refractivity contribution in [3.8, 4) is 0 Å². The highest BCUT2D eigenvalue weighted by atomic mass is 32.2. The molecular weight excluding hydrogens is 374 g/mol. The first-order chi connectivity index (χ1) is 12.3. The van der Waals surface area contributed by atoms with Gasteiger partial charge in [0.1, 0.15) is 4.32 Å². The van der Waals surface area contributed by atoms with E-state index in [-0.39, 0.29) is 10.2 Å². The van der Waals surface area contributed by atoms with Crippen molar-refractivity contribution < 1.29 is 24.2 Å². The lowest BCUT2D eigenvalue weighted by atomic mass is 9.98. The van der Waals surface area contributed by atoms with Crippen molar-refractivity contribution in [2.75, 3.05) is 7.11 Å². The van der Waals surface area contributed by atoms with Gasteiger partial charge >= 0.3 is 5.97 Å². The van der Waals surface area contributed by atoms with Gasteiger partial charge in [-0.15, -0.1) is 0 Å². The number of esters is 1. The number of carboxylic acids is 1. The van der Waals surface area contributed by atoms with Crippen LogP contribution in [0.2, 0.25) is 0 Å². The van der Waals surface area contributed by atoms with Gasteiger partial charge < -0.3 is 14.6 Å². The maximum absolute atomic E-state index is 12.7. The van der Waals surface area contributed by atoms with Crippen molar-refractivity contribution >= 4 is 52.2 Å². The minimum Gasteiger partial charge on any atom is -0.548 e. The van der Waals surface area contributed by atoms with E-state index in [0.29, 0.717) is 22.5 Å². The Bertz CT molecular complexity index is 772. The number of thioether (sulfide) groups is 1. The lowest BCUT2D eigenvalue weighted by Crippen LogP contribution is -2.53. The molecule has 138 valence electrons. The van der Waals surface area contributed by atoms with Crippen molar-refractivity contribution in [2.45, 2.75) is 26.3 Å². The number of rotatable bonds is 6. The number of carbonyl (C=O) groups is 3. The number of aliphatic carboxylic acids is 1. The monoisotopic (exact) mass is 392 g/mol. The van der Waals surface area contributed by atoms with Gasteiger partial charge in [-0.2, -0.15) is 0 Å². The predicted molar refractivity (Wildman–Crippen MR) is 101 cm³/mol. The average molecular weight is 392 g/mol. The average Bonchev–Trinajstić information content (AvgIpc) is 2.89. The van der Waals surface area contributed by atoms with E-state index in [1.165, 1.54) is 7.11 Å². The number of hydrogen-bond donors (Lipinski definition) is 0. The normalized spacial score (nSPS) is 18.1. The van der Waals surface area contributed by atoms with Crippen LogP contribution in [0.4, 0.5) is 0 Å². The number of benzene rings is 1. The molecule has 0 aliphatic carbocycles. The molecule has 1 aliphatic heterocycles. The summed E-state index contributed by atoms with van der Waals surface area (Å²) in [4.78, 5) is 37.1. The lowest BCUT2D eigenvalue weighted by molar-refractivity contribution is -0.311. The third kappa shape index (κ3) is 4.13. The Kier molecular flexibility index (Phi) is 6.55. The summed E-state index contributed by atoms with van der Waals surface area (Å²) < 4.78 is 4.83. The number of thiocarbonyl (C=S) groups is 1. The Morgan fingerprint density at radius 2 is 1.96 bits per heavy atom. The quantitative estimate of drug-likeness (QED) is 0.415. The smallest absolute Gasteiger partial charge is 0.337 e. The van der Waals surface area contributed by atoms with Gasteiger partial charge in [0.2, 0.25) is 0 Å². The third-order valence-corrected chi connectivity index (χ3v) is 5.49. The molecule has 2 rings (SSSR count). The van der Waals surface area contributed by atoms with E-state index in [9.17, 15) is 19.5 Å². The number of carbonyl (C=O) groups excluding carboxylic acids is 3. The number of ether oxygens (including phenoxy) is 1. The summed E-state index contributed by atoms with van der Waals surface area (Å²) in [6.45, 7) is 3.59. The van der Waals surface area contributed by atoms with E-state index >= 15 is 0 Å². The van der Waals surface area contributed by atoms with Gasteiger partial charge in [-0.1, -0.05) is 56.4 Å². The van der Waals surface area contributed by atoms with Crippen LogP contribution >= 0.6 is 24.0 Å². The summed E-state index contributed by atoms with van der Waals surface area (Å²) in [5, 5.41) is 11.5. The fourth-order valence-corrected chi connectivity index (χ4v) is 3.85. The number of carboxylic acid groups (broad SMARTS) is 1. The number of nitrogens with zero attached hydrogens (tertiary/aromatic N) is 1. The zero-order valence-electron chi connectivity index (χ0n) is 14.6. The van der Waals surface area contributed by atoms with Crippen molar-refractivity contribution in [1.29, 1.82) is 0 Å². The highest BCUT2D eigenvalue weighted by molar-refractivity contribution is 8.26. The molecule has 2 atom stereocenters. The van der Waals surface area contributed by atoms with Crippen LogP contribution in [-0.2, 0) is 14.3 Å². The first kappa shape index (κ1) is 20.1. The van der Waals surface area contributed by atoms with Crippen molar-refractivity contribution in [2.24, 2.45) is 5.92 Å². The minimum atomic E-state index is -1.32. The van der Waals surface area contributed by atoms with E-state index in [1.807, 2.05) is 6.92 Å². The number of amides is 1. The molecule has 1 aromatic rings. The van der Waals surface area contributed by atoms with Gasteiger partial charge in [0.05, 0.1) is 29.6 Å². The Morgan fingerprint density at radius 3 is 2.46 bits per heavy atom. The van der Waals surface area contributed by atoms with E-state index < -0.39 is 23.9 Å². The molecule has 0 radical (unpaired) electrons. The SMILES string of the molecule is CC[C@@H](C)[C@@H](C(=O)[O-])N1C(=O)/C(=C/c2ccc(C(=O)OC)cc2)SC1=S. The minimum absolute atomic E-state index is 0.196. The van der Waals surface area contributed by atoms with Gasteiger partial charge in [-0.25, -0.2) is 4.79 Å². The van der Waals surface area contributed by atoms with E-state index in [1.54, 1.807) is 37.3 Å². The number of methoxy groups -OCH3 is 1. The van der Waals surface area contributed by atoms with Crippen molar-refractivity contribution in [1.82, 2.24) is 4.90 Å². The molecule has 0 bridgehead atoms. The molecule has 1 amide bonds. The summed E-state index contributed by atoms with van der Waals surface area (Å²) in [5.41, 5.74) is 1.08. The Hall–Kier alpha value is -2.19. The zero-order valence-corrected chi connectivity index (χ0v) is 16.2. The molecule has 0 saturated carbocycles. The first-order valence-corrected chi connectivity index (χ1v) is 9.18. The standard InChI is InChI=1S/C18H19NO5S2/c1-4-10(2)14(16(21)22)19-15(20)13(26-18(19)25)9-11-5-7-12(8-6-11)17(23)24-3/h5-10,14H,4H2,1-3H3,(H,21,22)/p-1/b13-9-/t10-,14+/m1/s1. The second kappa shape index (κ2) is 8.46. The topological polar surface area (TPSA) is 86.7 Å². The van der Waals surface area contributed by atoms with Gasteiger partial charge in [0.25, 0.3) is 5.91 Å². The van der Waals surface area contributed by atoms with Crippen LogP contribution in [0, 0.1) is 5.92 Å². The lowest BCUT2D eigenvalue weighted by Gasteiger charge is -2.32. The van der Waals surface area contributed by atoms with Crippen LogP contribution in [0.25, 0.3) is 6.08 Å². The molecule has 1 aliphatic rings. The Morgan fingerprint density at radius 1 is 1.35 bits per heavy atom. The third-order valence-electron chi connectivity index (χ3n) is 4.16. The van der Waals surface area contributed by atoms with Gasteiger partial charge in [-0.05, 0) is 29.7 Å². The van der Waals surface area contributed by atoms with Crippen LogP contribution in [0.15, 0.2) is 29.2 Å². The molecule has 1 heterocycles. The second-order valence-corrected chi connectivity index (χ2v) is 7.49. The van der Waals surface area contributed by atoms with Crippen molar-refractivity contribution in [3.63, 3.8) is 0 Å². The molecule has 1 fully saturated rings. The van der Waals surface area contributed by atoms with E-state index in [2.05, 4.69) is 4.74 Å². The highest BCUT2D eigenvalue weighted by Gasteiger charge is 2.39. The second-order valence-electron chi connectivity index (χ2n) is 5.81. The zero-order chi connectivity index (χ0) is 19.4. The molecule has 0 N–H and O–H groups in total. The summed E-state index contributed by atoms with van der Waals surface area (Å²) in [7, 11) is 1.30. The van der Waals surface area contributed by atoms with Gasteiger partial charge in [-0.3, -0.25) is 9.69 Å². The molecule has 6 nitrogen and oxygen atoms in total. The van der Waals surface area contributed by atoms with Gasteiger partial charge in [0, 0.05) is 0 Å². The van der Waals surface area contributed by atoms with Crippen LogP contribution in [-0.4, -0.2) is 40.2 Å².